The van der Waals surface area contributed by atoms with Crippen LogP contribution in [0.3, 0.4) is 0 Å². The Morgan fingerprint density at radius 1 is 1.50 bits per heavy atom. The molecule has 5 nitrogen and oxygen atoms in total. The molecule has 1 fully saturated rings. The smallest absolute Gasteiger partial charge is 0.304 e. The predicted molar refractivity (Wildman–Crippen MR) is 56.0 cm³/mol. The van der Waals surface area contributed by atoms with Crippen molar-refractivity contribution in [3.05, 3.63) is 15.3 Å². The molecule has 2 heterocycles. The molecule has 6 heteroatoms. The first-order valence-corrected chi connectivity index (χ1v) is 5.17. The average Bonchev–Trinajstić information content (AvgIpc) is 2.46. The highest BCUT2D eigenvalue weighted by Gasteiger charge is 2.20. The summed E-state index contributed by atoms with van der Waals surface area (Å²) in [6.07, 6.45) is 2.15. The summed E-state index contributed by atoms with van der Waals surface area (Å²) in [6.45, 7) is 2.00. The lowest BCUT2D eigenvalue weighted by molar-refractivity contribution is 0.208. The number of hydrogen-bond donors (Lipinski definition) is 2. The Hall–Kier alpha value is -0.880. The number of aromatic nitrogens is 3. The Labute approximate surface area is 86.7 Å². The van der Waals surface area contributed by atoms with E-state index in [2.05, 4.69) is 22.1 Å². The average molecular weight is 214 g/mol. The van der Waals surface area contributed by atoms with E-state index in [-0.39, 0.29) is 11.7 Å². The van der Waals surface area contributed by atoms with Gasteiger partial charge in [-0.05, 0) is 38.7 Å². The number of nitrogens with zero attached hydrogens (tertiary/aromatic N) is 2. The number of rotatable bonds is 1. The Balaban J connectivity index is 2.30. The highest BCUT2D eigenvalue weighted by molar-refractivity contribution is 7.71. The van der Waals surface area contributed by atoms with Crippen LogP contribution >= 0.6 is 12.2 Å². The Kier molecular flexibility index (Phi) is 2.56. The van der Waals surface area contributed by atoms with Crippen molar-refractivity contribution in [3.8, 4) is 0 Å². The van der Waals surface area contributed by atoms with E-state index in [4.69, 9.17) is 12.2 Å². The Morgan fingerprint density at radius 3 is 2.86 bits per heavy atom. The van der Waals surface area contributed by atoms with Gasteiger partial charge < -0.3 is 4.90 Å². The Morgan fingerprint density at radius 2 is 2.29 bits per heavy atom. The van der Waals surface area contributed by atoms with Gasteiger partial charge in [-0.15, -0.1) is 0 Å². The minimum absolute atomic E-state index is 0.129. The Bertz CT molecular complexity index is 390. The van der Waals surface area contributed by atoms with Gasteiger partial charge >= 0.3 is 5.69 Å². The summed E-state index contributed by atoms with van der Waals surface area (Å²) in [5, 5.41) is 5.18. The van der Waals surface area contributed by atoms with Crippen LogP contribution in [-0.4, -0.2) is 39.8 Å². The van der Waals surface area contributed by atoms with Crippen molar-refractivity contribution in [1.82, 2.24) is 19.7 Å². The van der Waals surface area contributed by atoms with Crippen LogP contribution in [0.4, 0.5) is 0 Å². The fourth-order valence-electron chi connectivity index (χ4n) is 2.00. The summed E-state index contributed by atoms with van der Waals surface area (Å²) in [7, 11) is 2.07. The van der Waals surface area contributed by atoms with Gasteiger partial charge in [-0.25, -0.2) is 9.89 Å². The van der Waals surface area contributed by atoms with E-state index >= 15 is 0 Å². The van der Waals surface area contributed by atoms with Gasteiger partial charge in [-0.1, -0.05) is 0 Å². The van der Waals surface area contributed by atoms with E-state index in [1.165, 1.54) is 0 Å². The molecule has 0 bridgehead atoms. The molecule has 0 radical (unpaired) electrons. The first-order chi connectivity index (χ1) is 6.68. The van der Waals surface area contributed by atoms with Crippen molar-refractivity contribution in [3.63, 3.8) is 0 Å². The van der Waals surface area contributed by atoms with Crippen LogP contribution < -0.4 is 5.69 Å². The number of hydrogen-bond acceptors (Lipinski definition) is 3. The molecule has 0 amide bonds. The third kappa shape index (κ3) is 1.67. The molecule has 2 N–H and O–H groups in total. The molecule has 1 aromatic rings. The minimum atomic E-state index is -0.129. The maximum atomic E-state index is 11.4. The lowest BCUT2D eigenvalue weighted by atomic mass is 10.1. The van der Waals surface area contributed by atoms with Gasteiger partial charge in [-0.2, -0.15) is 0 Å². The van der Waals surface area contributed by atoms with Gasteiger partial charge in [0.25, 0.3) is 0 Å². The molecule has 0 aliphatic carbocycles. The number of aromatic amines is 2. The molecule has 1 aliphatic heterocycles. The minimum Gasteiger partial charge on any atom is -0.304 e. The van der Waals surface area contributed by atoms with Gasteiger partial charge in [0.15, 0.2) is 4.77 Å². The second-order valence-corrected chi connectivity index (χ2v) is 4.18. The second-order valence-electron chi connectivity index (χ2n) is 3.79. The molecule has 1 unspecified atom stereocenters. The largest absolute Gasteiger partial charge is 0.342 e. The van der Waals surface area contributed by atoms with Crippen molar-refractivity contribution in [2.75, 3.05) is 20.1 Å². The van der Waals surface area contributed by atoms with Crippen molar-refractivity contribution >= 4 is 12.2 Å². The van der Waals surface area contributed by atoms with E-state index in [0.29, 0.717) is 4.77 Å². The third-order valence-corrected chi connectivity index (χ3v) is 2.98. The highest BCUT2D eigenvalue weighted by atomic mass is 32.1. The topological polar surface area (TPSA) is 56.8 Å². The van der Waals surface area contributed by atoms with Crippen LogP contribution in [0.15, 0.2) is 4.79 Å². The van der Waals surface area contributed by atoms with Crippen molar-refractivity contribution < 1.29 is 0 Å². The van der Waals surface area contributed by atoms with Gasteiger partial charge in [0.05, 0.1) is 6.04 Å². The number of likely N-dealkylation sites (N-methyl/N-ethyl adjacent to an activating group) is 1. The first kappa shape index (κ1) is 9.67. The first-order valence-electron chi connectivity index (χ1n) is 4.76. The second kappa shape index (κ2) is 3.70. The van der Waals surface area contributed by atoms with Crippen LogP contribution in [0.1, 0.15) is 18.9 Å². The van der Waals surface area contributed by atoms with E-state index in [1.807, 2.05) is 0 Å². The zero-order chi connectivity index (χ0) is 10.1. The van der Waals surface area contributed by atoms with Gasteiger partial charge in [0.1, 0.15) is 0 Å². The summed E-state index contributed by atoms with van der Waals surface area (Å²) in [5.74, 6) is 0. The van der Waals surface area contributed by atoms with E-state index in [9.17, 15) is 4.79 Å². The number of likely N-dealkylation sites (tertiary alicyclic amines) is 1. The maximum absolute atomic E-state index is 11.4. The monoisotopic (exact) mass is 214 g/mol. The molecule has 1 aromatic heterocycles. The zero-order valence-electron chi connectivity index (χ0n) is 8.12. The summed E-state index contributed by atoms with van der Waals surface area (Å²) < 4.78 is 2.14. The highest BCUT2D eigenvalue weighted by Crippen LogP contribution is 2.18. The number of nitrogens with one attached hydrogen (secondary N) is 2. The lowest BCUT2D eigenvalue weighted by Crippen LogP contribution is -2.37. The predicted octanol–water partition coefficient (Wildman–Crippen LogP) is 0.501. The summed E-state index contributed by atoms with van der Waals surface area (Å²) in [6, 6.07) is 0.219. The molecular weight excluding hydrogens is 200 g/mol. The van der Waals surface area contributed by atoms with Crippen LogP contribution in [0.5, 0.6) is 0 Å². The quantitative estimate of drug-likeness (QED) is 0.669. The summed E-state index contributed by atoms with van der Waals surface area (Å²) >= 11 is 5.05. The maximum Gasteiger partial charge on any atom is 0.342 e. The molecule has 1 atom stereocenters. The van der Waals surface area contributed by atoms with Crippen LogP contribution in [-0.2, 0) is 0 Å². The summed E-state index contributed by atoms with van der Waals surface area (Å²) in [4.78, 5) is 13.7. The molecule has 1 saturated heterocycles. The van der Waals surface area contributed by atoms with Gasteiger partial charge in [0.2, 0.25) is 0 Å². The van der Waals surface area contributed by atoms with Crippen molar-refractivity contribution in [1.29, 1.82) is 0 Å². The zero-order valence-corrected chi connectivity index (χ0v) is 8.93. The molecule has 1 aliphatic rings. The standard InChI is InChI=1S/C8H14N4OS/c1-11-4-2-3-6(5-11)12-7(13)9-10-8(12)14/h6H,2-5H2,1H3,(H,9,13)(H,10,14). The molecular formula is C8H14N4OS. The van der Waals surface area contributed by atoms with Crippen molar-refractivity contribution in [2.24, 2.45) is 0 Å². The van der Waals surface area contributed by atoms with E-state index in [0.717, 1.165) is 25.9 Å². The number of H-pyrrole nitrogens is 2. The van der Waals surface area contributed by atoms with Crippen LogP contribution in [0, 0.1) is 4.77 Å². The molecule has 2 rings (SSSR count). The fraction of sp³-hybridized carbons (Fsp3) is 0.750. The molecule has 0 aromatic carbocycles. The SMILES string of the molecule is CN1CCCC(n2c(=O)[nH][nH]c2=S)C1. The fourth-order valence-corrected chi connectivity index (χ4v) is 2.28. The van der Waals surface area contributed by atoms with Gasteiger partial charge in [-0.3, -0.25) is 9.67 Å². The van der Waals surface area contributed by atoms with Crippen molar-refractivity contribution in [2.45, 2.75) is 18.9 Å². The van der Waals surface area contributed by atoms with E-state index in [1.54, 1.807) is 4.57 Å². The third-order valence-electron chi connectivity index (χ3n) is 2.68. The summed E-state index contributed by atoms with van der Waals surface area (Å²) in [5.41, 5.74) is -0.129. The lowest BCUT2D eigenvalue weighted by Gasteiger charge is -2.29. The van der Waals surface area contributed by atoms with Gasteiger partial charge in [0, 0.05) is 6.54 Å². The van der Waals surface area contributed by atoms with Crippen LogP contribution in [0.25, 0.3) is 0 Å². The van der Waals surface area contributed by atoms with E-state index < -0.39 is 0 Å². The molecule has 0 spiro atoms. The molecule has 0 saturated carbocycles. The number of piperidine rings is 1. The molecule has 78 valence electrons. The van der Waals surface area contributed by atoms with Crippen LogP contribution in [0.2, 0.25) is 0 Å². The normalized spacial score (nSPS) is 23.9. The molecule has 14 heavy (non-hydrogen) atoms.